The number of allylic oxidation sites excluding steroid dienone is 1. The fourth-order valence-electron chi connectivity index (χ4n) is 13.4. The number of carbonyl (C=O) groups excluding carboxylic acids is 2. The van der Waals surface area contributed by atoms with Crippen molar-refractivity contribution < 1.29 is 44.3 Å². The van der Waals surface area contributed by atoms with Crippen molar-refractivity contribution in [1.29, 1.82) is 0 Å². The Labute approximate surface area is 679 Å². The first-order chi connectivity index (χ1) is 54.5. The van der Waals surface area contributed by atoms with Gasteiger partial charge in [-0.25, -0.2) is 14.0 Å². The van der Waals surface area contributed by atoms with Crippen molar-refractivity contribution in [3.63, 3.8) is 0 Å². The van der Waals surface area contributed by atoms with Crippen molar-refractivity contribution in [2.45, 2.75) is 58.4 Å². The summed E-state index contributed by atoms with van der Waals surface area (Å²) in [5.74, 6) is -2.59. The number of hydrogen-bond acceptors (Lipinski definition) is 3. The maximum Gasteiger partial charge on any atom is 0.326 e. The van der Waals surface area contributed by atoms with Crippen molar-refractivity contribution in [3.8, 4) is 0 Å². The number of nitrogens with one attached hydrogen (secondary N) is 3. The van der Waals surface area contributed by atoms with Gasteiger partial charge in [-0.3, -0.25) is 4.79 Å². The second kappa shape index (κ2) is 45.0. The molecule has 0 radical (unpaired) electrons. The molecule has 0 bridgehead atoms. The first-order valence-corrected chi connectivity index (χ1v) is 42.8. The summed E-state index contributed by atoms with van der Waals surface area (Å²) in [6.45, 7) is 7.48. The van der Waals surface area contributed by atoms with Crippen LogP contribution in [-0.4, -0.2) is 29.1 Å². The number of carboxylic acids is 1. The van der Waals surface area contributed by atoms with Gasteiger partial charge in [-0.1, -0.05) is 401 Å². The molecule has 0 aliphatic heterocycles. The van der Waals surface area contributed by atoms with E-state index in [0.29, 0.717) is 12.1 Å². The molecule has 1 aliphatic carbocycles. The van der Waals surface area contributed by atoms with Gasteiger partial charge < -0.3 is 21.1 Å². The molecule has 0 spiro atoms. The summed E-state index contributed by atoms with van der Waals surface area (Å²) < 4.78 is 14.0. The van der Waals surface area contributed by atoms with Gasteiger partial charge in [0.25, 0.3) is 5.91 Å². The van der Waals surface area contributed by atoms with Crippen LogP contribution in [0.1, 0.15) is 59.2 Å². The molecule has 1 unspecified atom stereocenters. The van der Waals surface area contributed by atoms with Gasteiger partial charge in [0.2, 0.25) is 0 Å². The zero-order valence-corrected chi connectivity index (χ0v) is 68.0. The molecule has 564 valence electrons. The Balaban J connectivity index is 0.000000152. The van der Waals surface area contributed by atoms with E-state index >= 15 is 0 Å². The van der Waals surface area contributed by atoms with Crippen LogP contribution in [0.3, 0.4) is 0 Å². The standard InChI is InChI=1S/C27H32FN3O4.4C18H15P.Pd/c1-4-8-18-13-16(2)23(17(3)14-18)31-27(35)29-22-15-20(28)11-12-21(22)25(32)30-24(26(33)34)19-9-6-5-7-10-19;4*1-4-10-16(11-5-1)19(17-12-6-2-7-13-17)18-14-8-3-9-15-18;/h4,11-15,19,24H,1,5-10H2,2-3H3,(H,30,32)(H,33,34)(H2,29,31,35);4*1-15H;. The fourth-order valence-corrected chi connectivity index (χ4v) is 22.6. The van der Waals surface area contributed by atoms with E-state index in [1.165, 1.54) is 69.7 Å². The number of aliphatic carboxylic acids is 1. The average Bonchev–Trinajstić information content (AvgIpc) is 0.840. The number of aryl methyl sites for hydroxylation is 2. The van der Waals surface area contributed by atoms with Crippen molar-refractivity contribution in [3.05, 3.63) is 435 Å². The van der Waals surface area contributed by atoms with Crippen LogP contribution in [0, 0.1) is 25.6 Å². The van der Waals surface area contributed by atoms with E-state index in [0.717, 1.165) is 60.9 Å². The maximum absolute atomic E-state index is 14.0. The van der Waals surface area contributed by atoms with Crippen LogP contribution in [0.25, 0.3) is 0 Å². The fraction of sp³-hybridized carbons (Fsp3) is 0.101. The molecule has 1 saturated carbocycles. The van der Waals surface area contributed by atoms with Crippen LogP contribution < -0.4 is 79.6 Å². The van der Waals surface area contributed by atoms with E-state index in [1.807, 2.05) is 26.0 Å². The summed E-state index contributed by atoms with van der Waals surface area (Å²) in [6, 6.07) is 135. The average molecular weight is 1640 g/mol. The van der Waals surface area contributed by atoms with Crippen LogP contribution in [-0.2, 0) is 31.6 Å². The zero-order chi connectivity index (χ0) is 77.2. The van der Waals surface area contributed by atoms with E-state index < -0.39 is 61.5 Å². The largest absolute Gasteiger partial charge is 0.480 e. The quantitative estimate of drug-likeness (QED) is 0.0346. The molecule has 15 rings (SSSR count). The third kappa shape index (κ3) is 24.7. The minimum Gasteiger partial charge on any atom is -0.480 e. The molecule has 14 aromatic carbocycles. The number of carboxylic acid groups (broad SMARTS) is 1. The van der Waals surface area contributed by atoms with E-state index in [-0.39, 0.29) is 37.6 Å². The Bertz CT molecular complexity index is 4250. The minimum atomic E-state index is -1.11. The van der Waals surface area contributed by atoms with Gasteiger partial charge >= 0.3 is 12.0 Å². The predicted octanol–water partition coefficient (Wildman–Crippen LogP) is 19.4. The molecule has 0 saturated heterocycles. The molecule has 1 atom stereocenters. The second-order valence-corrected chi connectivity index (χ2v) is 35.3. The van der Waals surface area contributed by atoms with Gasteiger partial charge in [0.05, 0.1) is 11.3 Å². The normalized spacial score (nSPS) is 11.7. The van der Waals surface area contributed by atoms with E-state index in [4.69, 9.17) is 0 Å². The van der Waals surface area contributed by atoms with Crippen molar-refractivity contribution in [1.82, 2.24) is 5.32 Å². The summed E-state index contributed by atoms with van der Waals surface area (Å²) in [5.41, 5.74) is 3.32. The third-order valence-electron chi connectivity index (χ3n) is 18.5. The molecule has 1 fully saturated rings. The molecule has 112 heavy (non-hydrogen) atoms. The van der Waals surface area contributed by atoms with Gasteiger partial charge in [-0.15, -0.1) is 6.58 Å². The molecule has 4 N–H and O–H groups in total. The second-order valence-electron chi connectivity index (χ2n) is 26.4. The number of anilines is 2. The molecular weight excluding hydrogens is 1540 g/mol. The summed E-state index contributed by atoms with van der Waals surface area (Å²) in [7, 11) is -1.78. The van der Waals surface area contributed by atoms with E-state index in [1.54, 1.807) is 6.08 Å². The van der Waals surface area contributed by atoms with Crippen LogP contribution in [0.5, 0.6) is 0 Å². The first kappa shape index (κ1) is 83.8. The van der Waals surface area contributed by atoms with Gasteiger partial charge in [-0.2, -0.15) is 0 Å². The molecule has 3 amide bonds. The Morgan fingerprint density at radius 3 is 0.866 bits per heavy atom. The summed E-state index contributed by atoms with van der Waals surface area (Å²) >= 11 is 0. The van der Waals surface area contributed by atoms with Crippen LogP contribution in [0.2, 0.25) is 0 Å². The number of urea groups is 1. The monoisotopic (exact) mass is 1640 g/mol. The number of halogens is 1. The first-order valence-electron chi connectivity index (χ1n) is 37.4. The zero-order valence-electron chi connectivity index (χ0n) is 62.9. The smallest absolute Gasteiger partial charge is 0.326 e. The van der Waals surface area contributed by atoms with E-state index in [2.05, 4.69) is 387 Å². The Kier molecular flexibility index (Phi) is 33.7. The Hall–Kier alpha value is -10.7. The molecule has 14 aromatic rings. The summed E-state index contributed by atoms with van der Waals surface area (Å²) in [4.78, 5) is 37.6. The summed E-state index contributed by atoms with van der Waals surface area (Å²) in [5, 5.41) is 34.4. The van der Waals surface area contributed by atoms with E-state index in [9.17, 15) is 23.9 Å². The van der Waals surface area contributed by atoms with Crippen LogP contribution >= 0.6 is 31.7 Å². The molecule has 7 nitrogen and oxygen atoms in total. The minimum absolute atomic E-state index is 0. The van der Waals surface area contributed by atoms with Crippen LogP contribution in [0.4, 0.5) is 20.6 Å². The van der Waals surface area contributed by atoms with Crippen molar-refractivity contribution in [2.75, 3.05) is 10.6 Å². The third-order valence-corrected chi connectivity index (χ3v) is 28.3. The number of carbonyl (C=O) groups is 3. The molecule has 13 heteroatoms. The van der Waals surface area contributed by atoms with Gasteiger partial charge in [-0.05, 0) is 169 Å². The number of hydrogen-bond donors (Lipinski definition) is 4. The topological polar surface area (TPSA) is 108 Å². The van der Waals surface area contributed by atoms with Gasteiger partial charge in [0.1, 0.15) is 11.9 Å². The molecule has 0 aromatic heterocycles. The molecular formula is C99H92FN3O4P4Pd. The Morgan fingerprint density at radius 2 is 0.634 bits per heavy atom. The van der Waals surface area contributed by atoms with Gasteiger partial charge in [0.15, 0.2) is 0 Å². The summed E-state index contributed by atoms with van der Waals surface area (Å²) in [6.07, 6.45) is 6.83. The van der Waals surface area contributed by atoms with Crippen molar-refractivity contribution >= 4 is 125 Å². The van der Waals surface area contributed by atoms with Crippen molar-refractivity contribution in [2.24, 2.45) is 5.92 Å². The Morgan fingerprint density at radius 1 is 0.384 bits per heavy atom. The number of rotatable bonds is 20. The molecule has 0 heterocycles. The molecule has 1 aliphatic rings. The predicted molar refractivity (Wildman–Crippen MR) is 475 cm³/mol. The SMILES string of the molecule is C=CCc1cc(C)c(NC(=O)Nc2cc(F)ccc2C(=O)NC(C(=O)O)C2CCCCC2)c(C)c1.[Pd].c1ccc(P(c2ccccc2)c2ccccc2)cc1.c1ccc(P(c2ccccc2)c2ccccc2)cc1.c1ccc(P(c2ccccc2)c2ccccc2)cc1.c1ccc(P(c2ccccc2)c2ccccc2)cc1. The number of benzene rings is 14. The number of amides is 3. The maximum atomic E-state index is 14.0. The van der Waals surface area contributed by atoms with Crippen LogP contribution in [0.15, 0.2) is 407 Å². The van der Waals surface area contributed by atoms with Gasteiger partial charge in [0, 0.05) is 26.1 Å².